The van der Waals surface area contributed by atoms with E-state index in [1.165, 1.54) is 6.07 Å². The second kappa shape index (κ2) is 7.07. The highest BCUT2D eigenvalue weighted by Crippen LogP contribution is 2.42. The highest BCUT2D eigenvalue weighted by molar-refractivity contribution is 5.45. The van der Waals surface area contributed by atoms with Gasteiger partial charge in [0.25, 0.3) is 0 Å². The molecular formula is C20H22F2N4O3. The molecule has 2 fully saturated rings. The smallest absolute Gasteiger partial charge is 0.395 e. The molecule has 1 aliphatic carbocycles. The molecule has 1 aromatic carbocycles. The molecule has 1 saturated heterocycles. The van der Waals surface area contributed by atoms with Crippen molar-refractivity contribution in [1.29, 1.82) is 0 Å². The molecule has 29 heavy (non-hydrogen) atoms. The Morgan fingerprint density at radius 2 is 1.93 bits per heavy atom. The number of fused-ring (bicyclic) bond motifs is 2. The van der Waals surface area contributed by atoms with Crippen molar-refractivity contribution < 1.29 is 23.4 Å². The van der Waals surface area contributed by atoms with Gasteiger partial charge in [-0.15, -0.1) is 8.78 Å². The first kappa shape index (κ1) is 18.5. The van der Waals surface area contributed by atoms with Crippen LogP contribution in [0.25, 0.3) is 0 Å². The van der Waals surface area contributed by atoms with Crippen LogP contribution in [-0.2, 0) is 6.54 Å². The van der Waals surface area contributed by atoms with Crippen molar-refractivity contribution in [2.24, 2.45) is 11.8 Å². The summed E-state index contributed by atoms with van der Waals surface area (Å²) >= 11 is 0. The summed E-state index contributed by atoms with van der Waals surface area (Å²) < 4.78 is 35.4. The molecule has 0 amide bonds. The molecule has 3 heterocycles. The van der Waals surface area contributed by atoms with E-state index in [0.717, 1.165) is 31.5 Å². The van der Waals surface area contributed by atoms with Gasteiger partial charge >= 0.3 is 6.29 Å². The summed E-state index contributed by atoms with van der Waals surface area (Å²) in [6.45, 7) is 2.43. The van der Waals surface area contributed by atoms with Crippen LogP contribution in [0.4, 0.5) is 14.6 Å². The summed E-state index contributed by atoms with van der Waals surface area (Å²) in [6.07, 6.45) is 2.45. The number of aliphatic hydroxyl groups is 1. The molecular weight excluding hydrogens is 382 g/mol. The number of halogens is 2. The number of nitrogens with zero attached hydrogens (tertiary/aromatic N) is 3. The van der Waals surface area contributed by atoms with E-state index >= 15 is 0 Å². The maximum absolute atomic E-state index is 13.2. The number of hydrogen-bond acceptors (Lipinski definition) is 7. The zero-order valence-corrected chi connectivity index (χ0v) is 15.7. The van der Waals surface area contributed by atoms with Gasteiger partial charge in [-0.05, 0) is 42.4 Å². The van der Waals surface area contributed by atoms with Gasteiger partial charge in [-0.25, -0.2) is 4.98 Å². The predicted molar refractivity (Wildman–Crippen MR) is 99.6 cm³/mol. The standard InChI is InChI=1S/C20H22F2N4O3/c21-20(22)28-17-2-1-12(5-18(17)29-20)9-26-10-13-6-15(16(27)7-14(13)11-26)25-19-8-23-3-4-24-19/h1-5,8,13-16,27H,6-7,9-11H2,(H,24,25)/t13-,14+,15-,16-/m1/s1. The fourth-order valence-electron chi connectivity index (χ4n) is 4.73. The zero-order valence-electron chi connectivity index (χ0n) is 15.7. The summed E-state index contributed by atoms with van der Waals surface area (Å²) in [5.74, 6) is 1.69. The maximum Gasteiger partial charge on any atom is 0.586 e. The van der Waals surface area contributed by atoms with E-state index in [-0.39, 0.29) is 17.5 Å². The Balaban J connectivity index is 1.21. The van der Waals surface area contributed by atoms with E-state index in [1.807, 2.05) is 0 Å². The molecule has 0 unspecified atom stereocenters. The highest BCUT2D eigenvalue weighted by atomic mass is 19.3. The first-order valence-electron chi connectivity index (χ1n) is 9.77. The van der Waals surface area contributed by atoms with Crippen molar-refractivity contribution in [3.05, 3.63) is 42.4 Å². The number of anilines is 1. The van der Waals surface area contributed by atoms with Gasteiger partial charge in [-0.2, -0.15) is 0 Å². The molecule has 0 bridgehead atoms. The first-order chi connectivity index (χ1) is 13.9. The van der Waals surface area contributed by atoms with Crippen LogP contribution >= 0.6 is 0 Å². The number of aromatic nitrogens is 2. The van der Waals surface area contributed by atoms with Crippen molar-refractivity contribution >= 4 is 5.82 Å². The van der Waals surface area contributed by atoms with Crippen LogP contribution in [0.1, 0.15) is 18.4 Å². The summed E-state index contributed by atoms with van der Waals surface area (Å²) in [6, 6.07) is 4.88. The molecule has 154 valence electrons. The number of hydrogen-bond donors (Lipinski definition) is 2. The lowest BCUT2D eigenvalue weighted by Crippen LogP contribution is -2.43. The molecule has 1 saturated carbocycles. The van der Waals surface area contributed by atoms with Crippen LogP contribution < -0.4 is 14.8 Å². The maximum atomic E-state index is 13.2. The molecule has 9 heteroatoms. The lowest BCUT2D eigenvalue weighted by molar-refractivity contribution is -0.286. The Labute approximate surface area is 166 Å². The van der Waals surface area contributed by atoms with E-state index < -0.39 is 12.4 Å². The average molecular weight is 404 g/mol. The van der Waals surface area contributed by atoms with E-state index in [1.54, 1.807) is 30.7 Å². The minimum atomic E-state index is -3.59. The van der Waals surface area contributed by atoms with Crippen LogP contribution in [-0.4, -0.2) is 51.5 Å². The summed E-state index contributed by atoms with van der Waals surface area (Å²) in [5.41, 5.74) is 0.901. The van der Waals surface area contributed by atoms with Crippen molar-refractivity contribution in [1.82, 2.24) is 14.9 Å². The van der Waals surface area contributed by atoms with Gasteiger partial charge < -0.3 is 19.9 Å². The van der Waals surface area contributed by atoms with E-state index in [9.17, 15) is 13.9 Å². The molecule has 4 atom stereocenters. The largest absolute Gasteiger partial charge is 0.586 e. The second-order valence-corrected chi connectivity index (χ2v) is 8.04. The van der Waals surface area contributed by atoms with E-state index in [0.29, 0.717) is 24.2 Å². The Hall–Kier alpha value is -2.52. The predicted octanol–water partition coefficient (Wildman–Crippen LogP) is 2.48. The van der Waals surface area contributed by atoms with Crippen LogP contribution in [0, 0.1) is 11.8 Å². The SMILES string of the molecule is O[C@@H]1C[C@H]2CN(Cc3ccc4c(c3)OC(F)(F)O4)C[C@H]2C[C@H]1Nc1cnccn1. The van der Waals surface area contributed by atoms with Gasteiger partial charge in [-0.3, -0.25) is 9.88 Å². The van der Waals surface area contributed by atoms with Crippen molar-refractivity contribution in [2.75, 3.05) is 18.4 Å². The Kier molecular flexibility index (Phi) is 4.51. The van der Waals surface area contributed by atoms with Crippen LogP contribution in [0.3, 0.4) is 0 Å². The molecule has 7 nitrogen and oxygen atoms in total. The lowest BCUT2D eigenvalue weighted by atomic mass is 9.77. The van der Waals surface area contributed by atoms with Crippen LogP contribution in [0.5, 0.6) is 11.5 Å². The molecule has 2 aliphatic heterocycles. The lowest BCUT2D eigenvalue weighted by Gasteiger charge is -2.35. The minimum Gasteiger partial charge on any atom is -0.395 e. The van der Waals surface area contributed by atoms with Gasteiger partial charge in [0, 0.05) is 32.0 Å². The highest BCUT2D eigenvalue weighted by Gasteiger charge is 2.44. The molecule has 3 aliphatic rings. The molecule has 0 radical (unpaired) electrons. The van der Waals surface area contributed by atoms with Gasteiger partial charge in [0.1, 0.15) is 5.82 Å². The third-order valence-electron chi connectivity index (χ3n) is 5.99. The first-order valence-corrected chi connectivity index (χ1v) is 9.77. The molecule has 1 aromatic heterocycles. The number of benzene rings is 1. The third-order valence-corrected chi connectivity index (χ3v) is 5.99. The molecule has 2 N–H and O–H groups in total. The van der Waals surface area contributed by atoms with Crippen LogP contribution in [0.15, 0.2) is 36.8 Å². The van der Waals surface area contributed by atoms with Crippen molar-refractivity contribution in [2.45, 2.75) is 37.8 Å². The normalized spacial score (nSPS) is 30.2. The topological polar surface area (TPSA) is 79.7 Å². The number of nitrogens with one attached hydrogen (secondary N) is 1. The number of likely N-dealkylation sites (tertiary alicyclic amines) is 1. The van der Waals surface area contributed by atoms with Crippen LogP contribution in [0.2, 0.25) is 0 Å². The average Bonchev–Trinajstić information content (AvgIpc) is 3.20. The fraction of sp³-hybridized carbons (Fsp3) is 0.500. The van der Waals surface area contributed by atoms with Gasteiger partial charge in [0.15, 0.2) is 11.5 Å². The van der Waals surface area contributed by atoms with Gasteiger partial charge in [0.2, 0.25) is 0 Å². The van der Waals surface area contributed by atoms with E-state index in [4.69, 9.17) is 0 Å². The van der Waals surface area contributed by atoms with Gasteiger partial charge in [-0.1, -0.05) is 6.07 Å². The van der Waals surface area contributed by atoms with Crippen molar-refractivity contribution in [3.8, 4) is 11.5 Å². The third kappa shape index (κ3) is 3.84. The van der Waals surface area contributed by atoms with Gasteiger partial charge in [0.05, 0.1) is 18.3 Å². The minimum absolute atomic E-state index is 0.0549. The Morgan fingerprint density at radius 1 is 1.14 bits per heavy atom. The Morgan fingerprint density at radius 3 is 2.72 bits per heavy atom. The number of alkyl halides is 2. The number of aliphatic hydroxyl groups excluding tert-OH is 1. The fourth-order valence-corrected chi connectivity index (χ4v) is 4.73. The zero-order chi connectivity index (χ0) is 20.0. The summed E-state index contributed by atoms with van der Waals surface area (Å²) in [7, 11) is 0. The Bertz CT molecular complexity index is 885. The second-order valence-electron chi connectivity index (χ2n) is 8.04. The van der Waals surface area contributed by atoms with E-state index in [2.05, 4.69) is 29.7 Å². The monoisotopic (exact) mass is 404 g/mol. The number of rotatable bonds is 4. The quantitative estimate of drug-likeness (QED) is 0.811. The molecule has 2 aromatic rings. The number of ether oxygens (including phenoxy) is 2. The molecule has 5 rings (SSSR count). The molecule has 0 spiro atoms. The summed E-state index contributed by atoms with van der Waals surface area (Å²) in [5, 5.41) is 13.9. The van der Waals surface area contributed by atoms with Crippen molar-refractivity contribution in [3.63, 3.8) is 0 Å². The summed E-state index contributed by atoms with van der Waals surface area (Å²) in [4.78, 5) is 10.6.